The van der Waals surface area contributed by atoms with Crippen molar-refractivity contribution in [3.63, 3.8) is 0 Å². The fourth-order valence-corrected chi connectivity index (χ4v) is 1.87. The third-order valence-corrected chi connectivity index (χ3v) is 2.97. The molecule has 3 nitrogen and oxygen atoms in total. The van der Waals surface area contributed by atoms with E-state index in [0.29, 0.717) is 0 Å². The largest absolute Gasteiger partial charge is 0.337 e. The van der Waals surface area contributed by atoms with Gasteiger partial charge in [-0.3, -0.25) is 0 Å². The molecule has 0 saturated carbocycles. The molecule has 2 rings (SSSR count). The van der Waals surface area contributed by atoms with E-state index < -0.39 is 0 Å². The fraction of sp³-hybridized carbons (Fsp3) is 0.357. The standard InChI is InChI=1S/C14H18FN3/c1-12(13-3-5-14(15)6-4-13)17-7-2-9-18-10-8-16-11-18/h3-6,8,10-12,17H,2,7,9H2,1H3/t12-/m0/s1. The summed E-state index contributed by atoms with van der Waals surface area (Å²) in [6.45, 7) is 3.98. The van der Waals surface area contributed by atoms with Crippen LogP contribution in [0.1, 0.15) is 24.9 Å². The molecule has 18 heavy (non-hydrogen) atoms. The summed E-state index contributed by atoms with van der Waals surface area (Å²) in [6, 6.07) is 6.89. The van der Waals surface area contributed by atoms with E-state index in [1.807, 2.05) is 24.7 Å². The molecule has 0 aliphatic carbocycles. The number of rotatable bonds is 6. The lowest BCUT2D eigenvalue weighted by atomic mass is 10.1. The molecule has 0 spiro atoms. The minimum absolute atomic E-state index is 0.189. The van der Waals surface area contributed by atoms with Crippen LogP contribution in [0.5, 0.6) is 0 Å². The summed E-state index contributed by atoms with van der Waals surface area (Å²) in [6.07, 6.45) is 6.61. The Balaban J connectivity index is 1.71. The molecule has 1 aromatic carbocycles. The second kappa shape index (κ2) is 6.31. The van der Waals surface area contributed by atoms with Crippen molar-refractivity contribution in [2.24, 2.45) is 0 Å². The summed E-state index contributed by atoms with van der Waals surface area (Å²) in [5.41, 5.74) is 1.11. The normalized spacial score (nSPS) is 12.6. The first kappa shape index (κ1) is 12.8. The first-order valence-electron chi connectivity index (χ1n) is 6.20. The zero-order chi connectivity index (χ0) is 12.8. The molecule has 4 heteroatoms. The number of aryl methyl sites for hydroxylation is 1. The Labute approximate surface area is 107 Å². The van der Waals surface area contributed by atoms with E-state index in [0.717, 1.165) is 25.1 Å². The third kappa shape index (κ3) is 3.67. The monoisotopic (exact) mass is 247 g/mol. The van der Waals surface area contributed by atoms with Gasteiger partial charge in [0.15, 0.2) is 0 Å². The SMILES string of the molecule is C[C@H](NCCCn1ccnc1)c1ccc(F)cc1. The zero-order valence-electron chi connectivity index (χ0n) is 10.5. The lowest BCUT2D eigenvalue weighted by Gasteiger charge is -2.14. The van der Waals surface area contributed by atoms with E-state index >= 15 is 0 Å². The highest BCUT2D eigenvalue weighted by molar-refractivity contribution is 5.19. The highest BCUT2D eigenvalue weighted by atomic mass is 19.1. The Hall–Kier alpha value is -1.68. The van der Waals surface area contributed by atoms with Gasteiger partial charge in [-0.25, -0.2) is 9.37 Å². The number of hydrogen-bond donors (Lipinski definition) is 1. The van der Waals surface area contributed by atoms with Crippen molar-refractivity contribution in [1.82, 2.24) is 14.9 Å². The van der Waals surface area contributed by atoms with Gasteiger partial charge in [0, 0.05) is 25.0 Å². The molecular formula is C14H18FN3. The quantitative estimate of drug-likeness (QED) is 0.795. The molecule has 0 aliphatic heterocycles. The van der Waals surface area contributed by atoms with Crippen LogP contribution in [0.4, 0.5) is 4.39 Å². The predicted octanol–water partition coefficient (Wildman–Crippen LogP) is 2.76. The van der Waals surface area contributed by atoms with Gasteiger partial charge in [-0.2, -0.15) is 0 Å². The topological polar surface area (TPSA) is 29.9 Å². The second-order valence-electron chi connectivity index (χ2n) is 4.38. The van der Waals surface area contributed by atoms with Crippen molar-refractivity contribution >= 4 is 0 Å². The lowest BCUT2D eigenvalue weighted by Crippen LogP contribution is -2.20. The van der Waals surface area contributed by atoms with E-state index in [9.17, 15) is 4.39 Å². The maximum absolute atomic E-state index is 12.8. The Morgan fingerprint density at radius 1 is 1.33 bits per heavy atom. The Bertz CT molecular complexity index is 450. The fourth-order valence-electron chi connectivity index (χ4n) is 1.87. The molecule has 0 fully saturated rings. The molecular weight excluding hydrogens is 229 g/mol. The summed E-state index contributed by atoms with van der Waals surface area (Å²) in [4.78, 5) is 4.00. The number of nitrogens with zero attached hydrogens (tertiary/aromatic N) is 2. The van der Waals surface area contributed by atoms with Gasteiger partial charge in [0.1, 0.15) is 5.82 Å². The summed E-state index contributed by atoms with van der Waals surface area (Å²) >= 11 is 0. The van der Waals surface area contributed by atoms with Gasteiger partial charge in [0.25, 0.3) is 0 Å². The van der Waals surface area contributed by atoms with Crippen LogP contribution in [0.15, 0.2) is 43.0 Å². The number of imidazole rings is 1. The van der Waals surface area contributed by atoms with E-state index in [1.165, 1.54) is 12.1 Å². The van der Waals surface area contributed by atoms with Gasteiger partial charge in [0.2, 0.25) is 0 Å². The molecule has 0 amide bonds. The number of nitrogens with one attached hydrogen (secondary N) is 1. The van der Waals surface area contributed by atoms with Crippen LogP contribution in [-0.4, -0.2) is 16.1 Å². The van der Waals surface area contributed by atoms with Gasteiger partial charge in [-0.05, 0) is 37.6 Å². The van der Waals surface area contributed by atoms with Gasteiger partial charge in [-0.15, -0.1) is 0 Å². The van der Waals surface area contributed by atoms with Gasteiger partial charge in [-0.1, -0.05) is 12.1 Å². The number of hydrogen-bond acceptors (Lipinski definition) is 2. The maximum atomic E-state index is 12.8. The third-order valence-electron chi connectivity index (χ3n) is 2.97. The second-order valence-corrected chi connectivity index (χ2v) is 4.38. The van der Waals surface area contributed by atoms with E-state index in [1.54, 1.807) is 6.20 Å². The number of aromatic nitrogens is 2. The average Bonchev–Trinajstić information content (AvgIpc) is 2.88. The minimum Gasteiger partial charge on any atom is -0.337 e. The van der Waals surface area contributed by atoms with Crippen molar-refractivity contribution in [3.05, 3.63) is 54.4 Å². The van der Waals surface area contributed by atoms with Crippen LogP contribution in [0.25, 0.3) is 0 Å². The molecule has 2 aromatic rings. The van der Waals surface area contributed by atoms with Crippen LogP contribution in [0.3, 0.4) is 0 Å². The molecule has 0 radical (unpaired) electrons. The van der Waals surface area contributed by atoms with Crippen LogP contribution in [0.2, 0.25) is 0 Å². The molecule has 0 unspecified atom stereocenters. The number of benzene rings is 1. The summed E-state index contributed by atoms with van der Waals surface area (Å²) in [7, 11) is 0. The van der Waals surface area contributed by atoms with Crippen LogP contribution in [0, 0.1) is 5.82 Å². The molecule has 0 bridgehead atoms. The summed E-state index contributed by atoms with van der Waals surface area (Å²) in [5, 5.41) is 3.42. The average molecular weight is 247 g/mol. The van der Waals surface area contributed by atoms with Crippen LogP contribution >= 0.6 is 0 Å². The first-order chi connectivity index (χ1) is 8.75. The summed E-state index contributed by atoms with van der Waals surface area (Å²) in [5.74, 6) is -0.189. The van der Waals surface area contributed by atoms with Gasteiger partial charge < -0.3 is 9.88 Å². The molecule has 1 aromatic heterocycles. The van der Waals surface area contributed by atoms with Crippen molar-refractivity contribution in [2.45, 2.75) is 25.9 Å². The summed E-state index contributed by atoms with van der Waals surface area (Å²) < 4.78 is 14.8. The van der Waals surface area contributed by atoms with Gasteiger partial charge >= 0.3 is 0 Å². The van der Waals surface area contributed by atoms with Crippen molar-refractivity contribution in [2.75, 3.05) is 6.54 Å². The lowest BCUT2D eigenvalue weighted by molar-refractivity contribution is 0.525. The van der Waals surface area contributed by atoms with Crippen molar-refractivity contribution in [1.29, 1.82) is 0 Å². The van der Waals surface area contributed by atoms with E-state index in [4.69, 9.17) is 0 Å². The Kier molecular flexibility index (Phi) is 4.47. The highest BCUT2D eigenvalue weighted by Gasteiger charge is 2.03. The van der Waals surface area contributed by atoms with Crippen molar-refractivity contribution < 1.29 is 4.39 Å². The Morgan fingerprint density at radius 2 is 2.11 bits per heavy atom. The van der Waals surface area contributed by atoms with Crippen LogP contribution in [-0.2, 0) is 6.54 Å². The molecule has 0 saturated heterocycles. The van der Waals surface area contributed by atoms with Crippen LogP contribution < -0.4 is 5.32 Å². The highest BCUT2D eigenvalue weighted by Crippen LogP contribution is 2.12. The first-order valence-corrected chi connectivity index (χ1v) is 6.20. The maximum Gasteiger partial charge on any atom is 0.123 e. The van der Waals surface area contributed by atoms with Gasteiger partial charge in [0.05, 0.1) is 6.33 Å². The zero-order valence-corrected chi connectivity index (χ0v) is 10.5. The van der Waals surface area contributed by atoms with E-state index in [2.05, 4.69) is 21.8 Å². The minimum atomic E-state index is -0.189. The number of halogens is 1. The molecule has 1 N–H and O–H groups in total. The molecule has 1 heterocycles. The van der Waals surface area contributed by atoms with Crippen molar-refractivity contribution in [3.8, 4) is 0 Å². The molecule has 0 aliphatic rings. The predicted molar refractivity (Wildman–Crippen MR) is 69.7 cm³/mol. The smallest absolute Gasteiger partial charge is 0.123 e. The molecule has 1 atom stereocenters. The Morgan fingerprint density at radius 3 is 2.78 bits per heavy atom. The molecule has 96 valence electrons. The van der Waals surface area contributed by atoms with E-state index in [-0.39, 0.29) is 11.9 Å².